The van der Waals surface area contributed by atoms with Crippen LogP contribution >= 0.6 is 0 Å². The summed E-state index contributed by atoms with van der Waals surface area (Å²) in [7, 11) is 0. The summed E-state index contributed by atoms with van der Waals surface area (Å²) < 4.78 is 39.1. The molecule has 0 spiro atoms. The van der Waals surface area contributed by atoms with E-state index in [2.05, 4.69) is 21.6 Å². The Bertz CT molecular complexity index is 1390. The van der Waals surface area contributed by atoms with Gasteiger partial charge in [-0.25, -0.2) is 14.2 Å². The monoisotopic (exact) mass is 494 g/mol. The van der Waals surface area contributed by atoms with Gasteiger partial charge in [-0.05, 0) is 56.5 Å². The summed E-state index contributed by atoms with van der Waals surface area (Å²) in [6, 6.07) is 12.1. The molecule has 2 aromatic heterocycles. The van der Waals surface area contributed by atoms with E-state index >= 15 is 0 Å². The highest BCUT2D eigenvalue weighted by Gasteiger charge is 2.17. The fourth-order valence-corrected chi connectivity index (χ4v) is 4.39. The smallest absolute Gasteiger partial charge is 0.332 e. The minimum absolute atomic E-state index is 0.0393. The Labute approximate surface area is 205 Å². The molecule has 0 saturated carbocycles. The van der Waals surface area contributed by atoms with Crippen LogP contribution in [-0.2, 0) is 24.1 Å². The van der Waals surface area contributed by atoms with Crippen molar-refractivity contribution in [1.29, 1.82) is 0 Å². The van der Waals surface area contributed by atoms with E-state index in [1.807, 2.05) is 44.3 Å². The van der Waals surface area contributed by atoms with Crippen molar-refractivity contribution in [2.24, 2.45) is 0 Å². The summed E-state index contributed by atoms with van der Waals surface area (Å²) in [5.41, 5.74) is 6.73. The average molecular weight is 495 g/mol. The Morgan fingerprint density at radius 3 is 2.43 bits per heavy atom. The molecule has 0 saturated heterocycles. The predicted molar refractivity (Wildman–Crippen MR) is 132 cm³/mol. The van der Waals surface area contributed by atoms with E-state index in [1.54, 1.807) is 0 Å². The van der Waals surface area contributed by atoms with E-state index in [4.69, 9.17) is 4.98 Å². The van der Waals surface area contributed by atoms with E-state index < -0.39 is 23.1 Å². The van der Waals surface area contributed by atoms with Crippen LogP contribution in [0.2, 0.25) is 0 Å². The van der Waals surface area contributed by atoms with Gasteiger partial charge in [-0.15, -0.1) is 0 Å². The minimum Gasteiger partial charge on any atom is -0.755 e. The Hall–Kier alpha value is -3.63. The maximum Gasteiger partial charge on any atom is 0.332 e. The molecule has 2 heterocycles. The Morgan fingerprint density at radius 1 is 1.11 bits per heavy atom. The number of aryl methyl sites for hydroxylation is 3. The SMILES string of the molecule is CCc1nc2c(C)nc(C)cn2c1-c1ccc(CCN(C(=O)Nc2ccc(F)cc2)S(=O)[O-])cc1. The van der Waals surface area contributed by atoms with Crippen molar-refractivity contribution in [2.45, 2.75) is 33.6 Å². The molecule has 4 aromatic rings. The first-order chi connectivity index (χ1) is 16.8. The Kier molecular flexibility index (Phi) is 7.23. The van der Waals surface area contributed by atoms with Gasteiger partial charge in [0.05, 0.1) is 34.0 Å². The molecule has 182 valence electrons. The number of fused-ring (bicyclic) bond motifs is 1. The molecule has 35 heavy (non-hydrogen) atoms. The number of nitrogens with zero attached hydrogens (tertiary/aromatic N) is 4. The van der Waals surface area contributed by atoms with Crippen LogP contribution in [0.4, 0.5) is 14.9 Å². The fourth-order valence-electron chi connectivity index (χ4n) is 3.97. The third-order valence-electron chi connectivity index (χ3n) is 5.63. The molecule has 0 fully saturated rings. The number of hydrogen-bond donors (Lipinski definition) is 1. The standard InChI is InChI=1S/C25H26FN5O3S/c1-4-22-23(30-15-16(2)27-17(3)24(30)29-22)19-7-5-18(6-8-19)13-14-31(35(33)34)25(32)28-21-11-9-20(26)10-12-21/h5-12,15H,4,13-14H2,1-3H3,(H,28,32)(H,33,34)/p-1. The Morgan fingerprint density at radius 2 is 1.80 bits per heavy atom. The van der Waals surface area contributed by atoms with Gasteiger partial charge in [0.15, 0.2) is 5.65 Å². The lowest BCUT2D eigenvalue weighted by Crippen LogP contribution is -2.37. The van der Waals surface area contributed by atoms with Crippen LogP contribution in [0, 0.1) is 19.7 Å². The number of anilines is 1. The first kappa shape index (κ1) is 24.5. The first-order valence-corrected chi connectivity index (χ1v) is 12.2. The molecule has 4 rings (SSSR count). The zero-order chi connectivity index (χ0) is 25.1. The molecule has 1 unspecified atom stereocenters. The largest absolute Gasteiger partial charge is 0.755 e. The number of aromatic nitrogens is 3. The van der Waals surface area contributed by atoms with E-state index in [-0.39, 0.29) is 6.54 Å². The van der Waals surface area contributed by atoms with Crippen molar-refractivity contribution in [2.75, 3.05) is 11.9 Å². The second kappa shape index (κ2) is 10.3. The second-order valence-corrected chi connectivity index (χ2v) is 9.00. The van der Waals surface area contributed by atoms with Crippen LogP contribution in [0.25, 0.3) is 16.9 Å². The summed E-state index contributed by atoms with van der Waals surface area (Å²) >= 11 is -2.76. The van der Waals surface area contributed by atoms with Crippen LogP contribution in [0.15, 0.2) is 54.7 Å². The van der Waals surface area contributed by atoms with Gasteiger partial charge in [-0.1, -0.05) is 31.2 Å². The number of rotatable bonds is 7. The van der Waals surface area contributed by atoms with E-state index in [1.165, 1.54) is 24.3 Å². The van der Waals surface area contributed by atoms with Gasteiger partial charge in [-0.3, -0.25) is 17.9 Å². The highest BCUT2D eigenvalue weighted by molar-refractivity contribution is 7.77. The van der Waals surface area contributed by atoms with Crippen LogP contribution in [0.5, 0.6) is 0 Å². The molecule has 10 heteroatoms. The maximum absolute atomic E-state index is 13.1. The van der Waals surface area contributed by atoms with Crippen LogP contribution in [0.3, 0.4) is 0 Å². The second-order valence-electron chi connectivity index (χ2n) is 8.13. The average Bonchev–Trinajstić information content (AvgIpc) is 3.20. The van der Waals surface area contributed by atoms with Crippen molar-refractivity contribution in [3.63, 3.8) is 0 Å². The number of amides is 2. The number of hydrogen-bond acceptors (Lipinski definition) is 5. The van der Waals surface area contributed by atoms with E-state index in [9.17, 15) is 17.9 Å². The fraction of sp³-hybridized carbons (Fsp3) is 0.240. The van der Waals surface area contributed by atoms with E-state index in [0.717, 1.165) is 46.0 Å². The molecular weight excluding hydrogens is 469 g/mol. The number of carbonyl (C=O) groups is 1. The molecular formula is C25H25FN5O3S-. The molecule has 2 aromatic carbocycles. The van der Waals surface area contributed by atoms with E-state index in [0.29, 0.717) is 16.4 Å². The summed E-state index contributed by atoms with van der Waals surface area (Å²) in [6.45, 7) is 5.91. The number of urea groups is 1. The van der Waals surface area contributed by atoms with Crippen molar-refractivity contribution < 1.29 is 17.9 Å². The molecule has 0 aliphatic heterocycles. The van der Waals surface area contributed by atoms with Crippen molar-refractivity contribution in [3.05, 3.63) is 83.2 Å². The van der Waals surface area contributed by atoms with Crippen molar-refractivity contribution in [1.82, 2.24) is 18.7 Å². The summed E-state index contributed by atoms with van der Waals surface area (Å²) in [6.07, 6.45) is 3.07. The lowest BCUT2D eigenvalue weighted by molar-refractivity contribution is 0.235. The normalized spacial score (nSPS) is 12.0. The zero-order valence-electron chi connectivity index (χ0n) is 19.6. The topological polar surface area (TPSA) is 103 Å². The maximum atomic E-state index is 13.1. The summed E-state index contributed by atoms with van der Waals surface area (Å²) in [4.78, 5) is 21.7. The number of carbonyl (C=O) groups excluding carboxylic acids is 1. The van der Waals surface area contributed by atoms with Gasteiger partial charge >= 0.3 is 6.03 Å². The molecule has 8 nitrogen and oxygen atoms in total. The van der Waals surface area contributed by atoms with Crippen molar-refractivity contribution in [3.8, 4) is 11.3 Å². The molecule has 0 aliphatic carbocycles. The van der Waals surface area contributed by atoms with Gasteiger partial charge in [0.25, 0.3) is 0 Å². The summed E-state index contributed by atoms with van der Waals surface area (Å²) in [5.74, 6) is -0.451. The number of imidazole rings is 1. The lowest BCUT2D eigenvalue weighted by Gasteiger charge is -2.24. The minimum atomic E-state index is -2.76. The molecule has 0 bridgehead atoms. The first-order valence-electron chi connectivity index (χ1n) is 11.1. The van der Waals surface area contributed by atoms with Gasteiger partial charge < -0.3 is 9.87 Å². The molecule has 2 amide bonds. The van der Waals surface area contributed by atoms with Crippen molar-refractivity contribution >= 4 is 28.6 Å². The third kappa shape index (κ3) is 5.39. The zero-order valence-corrected chi connectivity index (χ0v) is 20.4. The Balaban J connectivity index is 1.51. The van der Waals surface area contributed by atoms with Gasteiger partial charge in [0.2, 0.25) is 0 Å². The molecule has 1 N–H and O–H groups in total. The summed E-state index contributed by atoms with van der Waals surface area (Å²) in [5, 5.41) is 2.47. The molecule has 0 radical (unpaired) electrons. The highest BCUT2D eigenvalue weighted by atomic mass is 32.2. The molecule has 1 atom stereocenters. The van der Waals surface area contributed by atoms with Crippen LogP contribution in [0.1, 0.15) is 29.6 Å². The van der Waals surface area contributed by atoms with Gasteiger partial charge in [0, 0.05) is 24.0 Å². The number of halogens is 1. The quantitative estimate of drug-likeness (QED) is 0.379. The predicted octanol–water partition coefficient (Wildman–Crippen LogP) is 4.59. The number of nitrogens with one attached hydrogen (secondary N) is 1. The lowest BCUT2D eigenvalue weighted by atomic mass is 10.0. The molecule has 0 aliphatic rings. The highest BCUT2D eigenvalue weighted by Crippen LogP contribution is 2.27. The number of benzene rings is 2. The van der Waals surface area contributed by atoms with Gasteiger partial charge in [-0.2, -0.15) is 0 Å². The third-order valence-corrected chi connectivity index (χ3v) is 6.34. The van der Waals surface area contributed by atoms with Gasteiger partial charge in [0.1, 0.15) is 5.82 Å². The van der Waals surface area contributed by atoms with Crippen LogP contribution in [-0.4, -0.2) is 40.0 Å². The van der Waals surface area contributed by atoms with Crippen LogP contribution < -0.4 is 5.32 Å².